The number of aliphatic hydroxyl groups excluding tert-OH is 3. The van der Waals surface area contributed by atoms with E-state index in [0.717, 1.165) is 38.5 Å². The molecular weight excluding hydrogens is 606 g/mol. The minimum Gasteiger partial charge on any atom is -0.394 e. The van der Waals surface area contributed by atoms with Gasteiger partial charge in [-0.05, 0) is 44.9 Å². The summed E-state index contributed by atoms with van der Waals surface area (Å²) in [5.41, 5.74) is 0. The van der Waals surface area contributed by atoms with Gasteiger partial charge in [-0.1, -0.05) is 199 Å². The summed E-state index contributed by atoms with van der Waals surface area (Å²) in [5.74, 6) is -0.323. The summed E-state index contributed by atoms with van der Waals surface area (Å²) in [6.45, 7) is 4.21. The lowest BCUT2D eigenvalue weighted by molar-refractivity contribution is -0.124. The van der Waals surface area contributed by atoms with Crippen LogP contribution >= 0.6 is 0 Å². The SMILES string of the molecule is CCCCCCCCC/C=C\CCCCCC(O)CC(=O)NC(CO)C(O)/C=C/CCCCCCCCCCCCCCCCCCCC. The molecule has 0 bridgehead atoms. The van der Waals surface area contributed by atoms with Gasteiger partial charge in [-0.15, -0.1) is 0 Å². The zero-order valence-electron chi connectivity index (χ0n) is 32.8. The number of hydrogen-bond acceptors (Lipinski definition) is 4. The van der Waals surface area contributed by atoms with Crippen molar-refractivity contribution in [2.75, 3.05) is 6.61 Å². The largest absolute Gasteiger partial charge is 0.394 e. The molecule has 3 unspecified atom stereocenters. The molecule has 0 aliphatic heterocycles. The number of nitrogens with one attached hydrogen (secondary N) is 1. The Morgan fingerprint density at radius 3 is 1.24 bits per heavy atom. The molecule has 0 spiro atoms. The first-order valence-electron chi connectivity index (χ1n) is 21.6. The maximum Gasteiger partial charge on any atom is 0.222 e. The minimum absolute atomic E-state index is 0.00455. The molecule has 5 nitrogen and oxygen atoms in total. The van der Waals surface area contributed by atoms with E-state index < -0.39 is 18.2 Å². The molecular formula is C44H85NO4. The van der Waals surface area contributed by atoms with E-state index in [1.807, 2.05) is 6.08 Å². The zero-order valence-corrected chi connectivity index (χ0v) is 32.8. The Morgan fingerprint density at radius 1 is 0.510 bits per heavy atom. The third-order valence-corrected chi connectivity index (χ3v) is 9.98. The van der Waals surface area contributed by atoms with Crippen molar-refractivity contribution in [2.24, 2.45) is 0 Å². The van der Waals surface area contributed by atoms with Crippen LogP contribution in [0.2, 0.25) is 0 Å². The fourth-order valence-electron chi connectivity index (χ4n) is 6.63. The van der Waals surface area contributed by atoms with Gasteiger partial charge in [0.05, 0.1) is 31.3 Å². The number of allylic oxidation sites excluding steroid dienone is 3. The standard InChI is InChI=1S/C44H85NO4/c1-3-5-7-9-11-13-15-17-19-20-21-22-23-24-26-28-30-32-34-36-38-43(48)42(40-46)45-44(49)39-41(47)37-35-33-31-29-27-25-18-16-14-12-10-8-6-4-2/h25,27,36,38,41-43,46-48H,3-24,26,28-35,37,39-40H2,1-2H3,(H,45,49)/b27-25-,38-36+. The van der Waals surface area contributed by atoms with Crippen molar-refractivity contribution in [3.8, 4) is 0 Å². The van der Waals surface area contributed by atoms with E-state index in [1.54, 1.807) is 6.08 Å². The zero-order chi connectivity index (χ0) is 35.9. The van der Waals surface area contributed by atoms with Gasteiger partial charge in [0.1, 0.15) is 0 Å². The molecule has 290 valence electrons. The Labute approximate surface area is 305 Å². The van der Waals surface area contributed by atoms with Crippen molar-refractivity contribution in [1.82, 2.24) is 5.32 Å². The van der Waals surface area contributed by atoms with Crippen LogP contribution in [0.5, 0.6) is 0 Å². The summed E-state index contributed by atoms with van der Waals surface area (Å²) in [6, 6.07) is -0.746. The molecule has 0 aromatic rings. The van der Waals surface area contributed by atoms with E-state index in [1.165, 1.54) is 161 Å². The van der Waals surface area contributed by atoms with Crippen LogP contribution in [-0.2, 0) is 4.79 Å². The van der Waals surface area contributed by atoms with E-state index in [0.29, 0.717) is 6.42 Å². The highest BCUT2D eigenvalue weighted by molar-refractivity contribution is 5.76. The number of aliphatic hydroxyl groups is 3. The highest BCUT2D eigenvalue weighted by Crippen LogP contribution is 2.15. The Balaban J connectivity index is 3.68. The second-order valence-corrected chi connectivity index (χ2v) is 15.0. The summed E-state index contributed by atoms with van der Waals surface area (Å²) in [7, 11) is 0. The van der Waals surface area contributed by atoms with Gasteiger partial charge in [-0.25, -0.2) is 0 Å². The van der Waals surface area contributed by atoms with Gasteiger partial charge in [0.25, 0.3) is 0 Å². The first-order valence-corrected chi connectivity index (χ1v) is 21.6. The Morgan fingerprint density at radius 2 is 0.857 bits per heavy atom. The van der Waals surface area contributed by atoms with Crippen LogP contribution in [-0.4, -0.2) is 46.1 Å². The fourth-order valence-corrected chi connectivity index (χ4v) is 6.63. The van der Waals surface area contributed by atoms with Gasteiger partial charge >= 0.3 is 0 Å². The third kappa shape index (κ3) is 36.4. The molecule has 4 N–H and O–H groups in total. The lowest BCUT2D eigenvalue weighted by Gasteiger charge is -2.21. The van der Waals surface area contributed by atoms with Crippen LogP contribution < -0.4 is 5.32 Å². The van der Waals surface area contributed by atoms with E-state index in [2.05, 4.69) is 31.3 Å². The summed E-state index contributed by atoms with van der Waals surface area (Å²) >= 11 is 0. The minimum atomic E-state index is -0.930. The molecule has 0 saturated carbocycles. The van der Waals surface area contributed by atoms with E-state index in [9.17, 15) is 20.1 Å². The van der Waals surface area contributed by atoms with Gasteiger partial charge in [0.15, 0.2) is 0 Å². The average molecular weight is 692 g/mol. The maximum atomic E-state index is 12.4. The molecule has 49 heavy (non-hydrogen) atoms. The summed E-state index contributed by atoms with van der Waals surface area (Å²) in [4.78, 5) is 12.4. The predicted molar refractivity (Wildman–Crippen MR) is 213 cm³/mol. The number of hydrogen-bond donors (Lipinski definition) is 4. The number of rotatable bonds is 39. The molecule has 0 aromatic heterocycles. The molecule has 1 amide bonds. The molecule has 0 fully saturated rings. The number of carbonyl (C=O) groups is 1. The van der Waals surface area contributed by atoms with Gasteiger partial charge < -0.3 is 20.6 Å². The molecule has 0 radical (unpaired) electrons. The molecule has 0 saturated heterocycles. The third-order valence-electron chi connectivity index (χ3n) is 9.98. The second-order valence-electron chi connectivity index (χ2n) is 15.0. The molecule has 3 atom stereocenters. The van der Waals surface area contributed by atoms with Crippen LogP contribution in [0.1, 0.15) is 226 Å². The molecule has 0 aliphatic carbocycles. The van der Waals surface area contributed by atoms with Crippen LogP contribution in [0.3, 0.4) is 0 Å². The Bertz CT molecular complexity index is 724. The van der Waals surface area contributed by atoms with Crippen molar-refractivity contribution >= 4 is 5.91 Å². The quantitative estimate of drug-likeness (QED) is 0.0381. The number of amides is 1. The van der Waals surface area contributed by atoms with E-state index in [4.69, 9.17) is 0 Å². The molecule has 0 rings (SSSR count). The van der Waals surface area contributed by atoms with Gasteiger partial charge in [0, 0.05) is 0 Å². The van der Waals surface area contributed by atoms with E-state index in [-0.39, 0.29) is 18.9 Å². The lowest BCUT2D eigenvalue weighted by atomic mass is 10.0. The van der Waals surface area contributed by atoms with Crippen molar-refractivity contribution in [2.45, 2.75) is 244 Å². The normalized spacial score (nSPS) is 13.8. The van der Waals surface area contributed by atoms with Crippen LogP contribution in [0.15, 0.2) is 24.3 Å². The smallest absolute Gasteiger partial charge is 0.222 e. The first kappa shape index (κ1) is 47.8. The first-order chi connectivity index (χ1) is 24.0. The van der Waals surface area contributed by atoms with E-state index >= 15 is 0 Å². The number of unbranched alkanes of at least 4 members (excludes halogenated alkanes) is 28. The topological polar surface area (TPSA) is 89.8 Å². The lowest BCUT2D eigenvalue weighted by Crippen LogP contribution is -2.45. The maximum absolute atomic E-state index is 12.4. The Kier molecular flexibility index (Phi) is 38.7. The highest BCUT2D eigenvalue weighted by atomic mass is 16.3. The summed E-state index contributed by atoms with van der Waals surface area (Å²) in [6.07, 6.45) is 47.4. The summed E-state index contributed by atoms with van der Waals surface area (Å²) in [5, 5.41) is 33.2. The fraction of sp³-hybridized carbons (Fsp3) is 0.886. The van der Waals surface area contributed by atoms with Crippen molar-refractivity contribution in [3.63, 3.8) is 0 Å². The van der Waals surface area contributed by atoms with Gasteiger partial charge in [0.2, 0.25) is 5.91 Å². The summed E-state index contributed by atoms with van der Waals surface area (Å²) < 4.78 is 0. The Hall–Kier alpha value is -1.17. The van der Waals surface area contributed by atoms with Gasteiger partial charge in [-0.3, -0.25) is 4.79 Å². The van der Waals surface area contributed by atoms with Crippen molar-refractivity contribution in [1.29, 1.82) is 0 Å². The monoisotopic (exact) mass is 692 g/mol. The van der Waals surface area contributed by atoms with Crippen LogP contribution in [0, 0.1) is 0 Å². The predicted octanol–water partition coefficient (Wildman–Crippen LogP) is 12.2. The molecule has 0 aromatic carbocycles. The van der Waals surface area contributed by atoms with Crippen LogP contribution in [0.25, 0.3) is 0 Å². The van der Waals surface area contributed by atoms with Gasteiger partial charge in [-0.2, -0.15) is 0 Å². The number of carbonyl (C=O) groups excluding carboxylic acids is 1. The molecule has 5 heteroatoms. The second kappa shape index (κ2) is 39.6. The average Bonchev–Trinajstić information content (AvgIpc) is 3.09. The van der Waals surface area contributed by atoms with Crippen molar-refractivity contribution < 1.29 is 20.1 Å². The highest BCUT2D eigenvalue weighted by Gasteiger charge is 2.20. The molecule has 0 aliphatic rings. The van der Waals surface area contributed by atoms with Crippen LogP contribution in [0.4, 0.5) is 0 Å². The van der Waals surface area contributed by atoms with Crippen molar-refractivity contribution in [3.05, 3.63) is 24.3 Å². The molecule has 0 heterocycles.